The van der Waals surface area contributed by atoms with Gasteiger partial charge in [-0.05, 0) is 58.2 Å². The first kappa shape index (κ1) is 19.9. The highest BCUT2D eigenvalue weighted by atomic mass is 79.9. The van der Waals surface area contributed by atoms with Crippen molar-refractivity contribution in [2.24, 2.45) is 0 Å². The number of carbonyl (C=O) groups excluding carboxylic acids is 2. The van der Waals surface area contributed by atoms with Gasteiger partial charge in [0.2, 0.25) is 0 Å². The minimum absolute atomic E-state index is 0.0289. The van der Waals surface area contributed by atoms with E-state index in [1.165, 1.54) is 24.1 Å². The summed E-state index contributed by atoms with van der Waals surface area (Å²) in [5.74, 6) is -0.961. The van der Waals surface area contributed by atoms with Gasteiger partial charge in [0.1, 0.15) is 17.3 Å². The molecule has 1 aliphatic heterocycles. The number of carbonyl (C=O) groups is 2. The maximum atomic E-state index is 12.8. The van der Waals surface area contributed by atoms with Crippen LogP contribution in [0.5, 0.6) is 11.5 Å². The molecule has 0 radical (unpaired) electrons. The molecule has 2 N–H and O–H groups in total. The number of likely N-dealkylation sites (tertiary alicyclic amines) is 1. The molecule has 1 unspecified atom stereocenters. The minimum atomic E-state index is -0.726. The zero-order valence-electron chi connectivity index (χ0n) is 15.5. The predicted molar refractivity (Wildman–Crippen MR) is 108 cm³/mol. The second-order valence-electron chi connectivity index (χ2n) is 6.43. The van der Waals surface area contributed by atoms with Gasteiger partial charge in [0.05, 0.1) is 23.2 Å². The molecule has 0 spiro atoms. The maximum absolute atomic E-state index is 12.8. The van der Waals surface area contributed by atoms with Gasteiger partial charge < -0.3 is 19.8 Å². The number of halogens is 1. The molecule has 0 saturated carbocycles. The zero-order chi connectivity index (χ0) is 20.4. The third-order valence-electron chi connectivity index (χ3n) is 4.64. The standard InChI is InChI=1S/C21H20BrNO5/c1-3-10-23-18(12-4-7-14(24)8-5-12)17(20(26)21(23)27)19(25)13-6-9-16(28-2)15(22)11-13/h4-9,11,18,24-25H,3,10H2,1-2H3/b19-17-. The van der Waals surface area contributed by atoms with E-state index in [4.69, 9.17) is 4.74 Å². The van der Waals surface area contributed by atoms with E-state index < -0.39 is 17.7 Å². The number of hydrogen-bond donors (Lipinski definition) is 2. The van der Waals surface area contributed by atoms with Crippen LogP contribution >= 0.6 is 15.9 Å². The third kappa shape index (κ3) is 3.49. The van der Waals surface area contributed by atoms with Crippen LogP contribution in [-0.2, 0) is 9.59 Å². The molecule has 3 rings (SSSR count). The fraction of sp³-hybridized carbons (Fsp3) is 0.238. The molecule has 0 aromatic heterocycles. The molecule has 0 bridgehead atoms. The van der Waals surface area contributed by atoms with E-state index in [0.29, 0.717) is 34.3 Å². The average Bonchev–Trinajstić information content (AvgIpc) is 2.93. The van der Waals surface area contributed by atoms with Crippen LogP contribution in [0.15, 0.2) is 52.5 Å². The van der Waals surface area contributed by atoms with Crippen LogP contribution in [0.1, 0.15) is 30.5 Å². The Balaban J connectivity index is 2.17. The van der Waals surface area contributed by atoms with Gasteiger partial charge in [-0.25, -0.2) is 0 Å². The number of aromatic hydroxyl groups is 1. The number of hydrogen-bond acceptors (Lipinski definition) is 5. The van der Waals surface area contributed by atoms with Gasteiger partial charge in [0.15, 0.2) is 0 Å². The molecule has 7 heteroatoms. The average molecular weight is 446 g/mol. The van der Waals surface area contributed by atoms with E-state index >= 15 is 0 Å². The highest BCUT2D eigenvalue weighted by Gasteiger charge is 2.45. The molecule has 146 valence electrons. The van der Waals surface area contributed by atoms with Gasteiger partial charge >= 0.3 is 0 Å². The Bertz CT molecular complexity index is 952. The van der Waals surface area contributed by atoms with Crippen molar-refractivity contribution in [1.82, 2.24) is 4.90 Å². The Kier molecular flexibility index (Phi) is 5.74. The molecule has 0 aliphatic carbocycles. The van der Waals surface area contributed by atoms with Crippen LogP contribution < -0.4 is 4.74 Å². The maximum Gasteiger partial charge on any atom is 0.295 e. The fourth-order valence-electron chi connectivity index (χ4n) is 3.32. The summed E-state index contributed by atoms with van der Waals surface area (Å²) in [6.07, 6.45) is 0.662. The number of nitrogens with zero attached hydrogens (tertiary/aromatic N) is 1. The number of Topliss-reactive ketones (excluding diaryl/α,β-unsaturated/α-hetero) is 1. The first-order valence-electron chi connectivity index (χ1n) is 8.80. The molecular weight excluding hydrogens is 426 g/mol. The Morgan fingerprint density at radius 2 is 1.86 bits per heavy atom. The van der Waals surface area contributed by atoms with Gasteiger partial charge in [-0.3, -0.25) is 9.59 Å². The molecule has 1 aliphatic rings. The quantitative estimate of drug-likeness (QED) is 0.412. The van der Waals surface area contributed by atoms with Crippen LogP contribution in [0.3, 0.4) is 0 Å². The number of phenolic OH excluding ortho intramolecular Hbond substituents is 1. The van der Waals surface area contributed by atoms with E-state index in [1.807, 2.05) is 6.92 Å². The molecule has 2 aromatic rings. The summed E-state index contributed by atoms with van der Waals surface area (Å²) in [5.41, 5.74) is 1.06. The topological polar surface area (TPSA) is 87.1 Å². The van der Waals surface area contributed by atoms with Gasteiger partial charge in [-0.15, -0.1) is 0 Å². The minimum Gasteiger partial charge on any atom is -0.508 e. The normalized spacial score (nSPS) is 18.5. The molecule has 1 saturated heterocycles. The van der Waals surface area contributed by atoms with Crippen molar-refractivity contribution in [1.29, 1.82) is 0 Å². The Morgan fingerprint density at radius 1 is 1.18 bits per heavy atom. The Hall–Kier alpha value is -2.80. The first-order valence-corrected chi connectivity index (χ1v) is 9.59. The lowest BCUT2D eigenvalue weighted by Crippen LogP contribution is -2.30. The summed E-state index contributed by atoms with van der Waals surface area (Å²) in [6, 6.07) is 10.5. The van der Waals surface area contributed by atoms with Crippen molar-refractivity contribution in [2.75, 3.05) is 13.7 Å². The van der Waals surface area contributed by atoms with Gasteiger partial charge in [-0.2, -0.15) is 0 Å². The van der Waals surface area contributed by atoms with Crippen LogP contribution in [0, 0.1) is 0 Å². The summed E-state index contributed by atoms with van der Waals surface area (Å²) in [4.78, 5) is 26.8. The number of benzene rings is 2. The largest absolute Gasteiger partial charge is 0.508 e. The molecule has 28 heavy (non-hydrogen) atoms. The number of ether oxygens (including phenoxy) is 1. The monoisotopic (exact) mass is 445 g/mol. The second-order valence-corrected chi connectivity index (χ2v) is 7.29. The van der Waals surface area contributed by atoms with Crippen LogP contribution in [0.2, 0.25) is 0 Å². The van der Waals surface area contributed by atoms with Gasteiger partial charge in [0, 0.05) is 12.1 Å². The van der Waals surface area contributed by atoms with Crippen LogP contribution in [-0.4, -0.2) is 40.5 Å². The van der Waals surface area contributed by atoms with E-state index in [-0.39, 0.29) is 17.1 Å². The highest BCUT2D eigenvalue weighted by molar-refractivity contribution is 9.10. The zero-order valence-corrected chi connectivity index (χ0v) is 17.1. The van der Waals surface area contributed by atoms with Gasteiger partial charge in [0.25, 0.3) is 11.7 Å². The molecule has 6 nitrogen and oxygen atoms in total. The van der Waals surface area contributed by atoms with Crippen molar-refractivity contribution in [2.45, 2.75) is 19.4 Å². The first-order chi connectivity index (χ1) is 13.4. The molecule has 1 amide bonds. The van der Waals surface area contributed by atoms with E-state index in [2.05, 4.69) is 15.9 Å². The SMILES string of the molecule is CCCN1C(=O)C(=O)/C(=C(\O)c2ccc(OC)c(Br)c2)C1c1ccc(O)cc1. The van der Waals surface area contributed by atoms with Crippen molar-refractivity contribution in [3.63, 3.8) is 0 Å². The van der Waals surface area contributed by atoms with E-state index in [9.17, 15) is 19.8 Å². The number of aliphatic hydroxyl groups is 1. The summed E-state index contributed by atoms with van der Waals surface area (Å²) in [7, 11) is 1.53. The summed E-state index contributed by atoms with van der Waals surface area (Å²) < 4.78 is 5.81. The van der Waals surface area contributed by atoms with Gasteiger partial charge in [-0.1, -0.05) is 19.1 Å². The number of phenols is 1. The summed E-state index contributed by atoms with van der Waals surface area (Å²) in [6.45, 7) is 2.28. The smallest absolute Gasteiger partial charge is 0.295 e. The number of amides is 1. The van der Waals surface area contributed by atoms with Crippen molar-refractivity contribution < 1.29 is 24.5 Å². The van der Waals surface area contributed by atoms with Crippen LogP contribution in [0.25, 0.3) is 5.76 Å². The van der Waals surface area contributed by atoms with E-state index in [0.717, 1.165) is 0 Å². The summed E-state index contributed by atoms with van der Waals surface area (Å²) >= 11 is 3.37. The Labute approximate surface area is 171 Å². The molecule has 2 aromatic carbocycles. The number of aliphatic hydroxyl groups excluding tert-OH is 1. The lowest BCUT2D eigenvalue weighted by Gasteiger charge is -2.25. The van der Waals surface area contributed by atoms with Crippen LogP contribution in [0.4, 0.5) is 0 Å². The predicted octanol–water partition coefficient (Wildman–Crippen LogP) is 4.00. The molecule has 1 heterocycles. The third-order valence-corrected chi connectivity index (χ3v) is 5.26. The number of ketones is 1. The number of rotatable bonds is 5. The van der Waals surface area contributed by atoms with Crippen molar-refractivity contribution in [3.05, 3.63) is 63.6 Å². The van der Waals surface area contributed by atoms with Crippen molar-refractivity contribution in [3.8, 4) is 11.5 Å². The fourth-order valence-corrected chi connectivity index (χ4v) is 3.86. The lowest BCUT2D eigenvalue weighted by molar-refractivity contribution is -0.139. The van der Waals surface area contributed by atoms with Crippen molar-refractivity contribution >= 4 is 33.4 Å². The summed E-state index contributed by atoms with van der Waals surface area (Å²) in [5, 5.41) is 20.5. The lowest BCUT2D eigenvalue weighted by atomic mass is 9.95. The Morgan fingerprint density at radius 3 is 2.43 bits per heavy atom. The molecule has 1 atom stereocenters. The number of methoxy groups -OCH3 is 1. The molecule has 1 fully saturated rings. The second kappa shape index (κ2) is 8.06. The highest BCUT2D eigenvalue weighted by Crippen LogP contribution is 2.40. The molecular formula is C21H20BrNO5. The van der Waals surface area contributed by atoms with E-state index in [1.54, 1.807) is 30.3 Å².